The van der Waals surface area contributed by atoms with Crippen molar-refractivity contribution >= 4 is 11.8 Å². The Morgan fingerprint density at radius 2 is 2.20 bits per heavy atom. The average molecular weight is 211 g/mol. The highest BCUT2D eigenvalue weighted by atomic mass is 16.2. The highest BCUT2D eigenvalue weighted by Gasteiger charge is 2.22. The van der Waals surface area contributed by atoms with Crippen LogP contribution < -0.4 is 16.0 Å². The molecule has 1 heterocycles. The van der Waals surface area contributed by atoms with Crippen molar-refractivity contribution in [1.29, 1.82) is 0 Å². The van der Waals surface area contributed by atoms with Crippen LogP contribution in [0.25, 0.3) is 0 Å². The molecule has 2 fully saturated rings. The number of nitrogens with one attached hydrogen (secondary N) is 3. The minimum Gasteiger partial charge on any atom is -0.353 e. The highest BCUT2D eigenvalue weighted by Crippen LogP contribution is 2.17. The molecule has 1 saturated heterocycles. The van der Waals surface area contributed by atoms with E-state index in [2.05, 4.69) is 16.0 Å². The Morgan fingerprint density at radius 3 is 2.80 bits per heavy atom. The number of amides is 2. The minimum atomic E-state index is 0.0167. The van der Waals surface area contributed by atoms with Gasteiger partial charge in [-0.2, -0.15) is 0 Å². The van der Waals surface area contributed by atoms with Gasteiger partial charge in [-0.3, -0.25) is 9.59 Å². The predicted octanol–water partition coefficient (Wildman–Crippen LogP) is -0.867. The second-order valence-electron chi connectivity index (χ2n) is 4.26. The summed E-state index contributed by atoms with van der Waals surface area (Å²) < 4.78 is 0. The molecule has 2 rings (SSSR count). The summed E-state index contributed by atoms with van der Waals surface area (Å²) in [4.78, 5) is 22.2. The van der Waals surface area contributed by atoms with Crippen LogP contribution in [0.3, 0.4) is 0 Å². The van der Waals surface area contributed by atoms with Gasteiger partial charge in [0, 0.05) is 25.0 Å². The van der Waals surface area contributed by atoms with Gasteiger partial charge in [-0.1, -0.05) is 0 Å². The van der Waals surface area contributed by atoms with Gasteiger partial charge in [0.15, 0.2) is 0 Å². The quantitative estimate of drug-likeness (QED) is 0.554. The van der Waals surface area contributed by atoms with E-state index in [1.807, 2.05) is 0 Å². The van der Waals surface area contributed by atoms with Crippen molar-refractivity contribution in [2.45, 2.75) is 37.8 Å². The maximum Gasteiger partial charge on any atom is 0.234 e. The number of hydrogen-bond acceptors (Lipinski definition) is 3. The molecule has 0 spiro atoms. The zero-order valence-corrected chi connectivity index (χ0v) is 8.71. The lowest BCUT2D eigenvalue weighted by molar-refractivity contribution is -0.121. The molecule has 1 unspecified atom stereocenters. The van der Waals surface area contributed by atoms with Gasteiger partial charge in [0.05, 0.1) is 6.54 Å². The van der Waals surface area contributed by atoms with Crippen molar-refractivity contribution in [1.82, 2.24) is 16.0 Å². The van der Waals surface area contributed by atoms with Crippen molar-refractivity contribution in [3.63, 3.8) is 0 Å². The third-order valence-electron chi connectivity index (χ3n) is 2.76. The van der Waals surface area contributed by atoms with Crippen LogP contribution in [-0.2, 0) is 9.59 Å². The molecule has 2 amide bonds. The van der Waals surface area contributed by atoms with Gasteiger partial charge in [0.1, 0.15) is 0 Å². The largest absolute Gasteiger partial charge is 0.353 e. The molecule has 0 radical (unpaired) electrons. The van der Waals surface area contributed by atoms with E-state index < -0.39 is 0 Å². The van der Waals surface area contributed by atoms with Crippen molar-refractivity contribution in [3.05, 3.63) is 0 Å². The summed E-state index contributed by atoms with van der Waals surface area (Å²) in [7, 11) is 0. The van der Waals surface area contributed by atoms with Crippen LogP contribution in [-0.4, -0.2) is 37.0 Å². The molecule has 0 aromatic rings. The monoisotopic (exact) mass is 211 g/mol. The summed E-state index contributed by atoms with van der Waals surface area (Å²) in [6.07, 6.45) is 3.79. The molecular formula is C10H17N3O2. The minimum absolute atomic E-state index is 0.0167. The zero-order chi connectivity index (χ0) is 10.7. The second-order valence-corrected chi connectivity index (χ2v) is 4.26. The van der Waals surface area contributed by atoms with Gasteiger partial charge in [-0.15, -0.1) is 0 Å². The standard InChI is InChI=1S/C10H17N3O2/c14-9-4-3-8(13-9)5-12-10(15)6-11-7-1-2-7/h7-8,11H,1-6H2,(H,12,15)(H,13,14). The van der Waals surface area contributed by atoms with Crippen LogP contribution in [0.4, 0.5) is 0 Å². The Hall–Kier alpha value is -1.10. The highest BCUT2D eigenvalue weighted by molar-refractivity contribution is 5.80. The first kappa shape index (κ1) is 10.4. The fourth-order valence-corrected chi connectivity index (χ4v) is 1.65. The molecule has 5 heteroatoms. The summed E-state index contributed by atoms with van der Waals surface area (Å²) in [6.45, 7) is 0.947. The van der Waals surface area contributed by atoms with Crippen LogP contribution >= 0.6 is 0 Å². The third kappa shape index (κ3) is 3.51. The maximum absolute atomic E-state index is 11.3. The van der Waals surface area contributed by atoms with Crippen molar-refractivity contribution in [2.24, 2.45) is 0 Å². The van der Waals surface area contributed by atoms with E-state index in [0.29, 0.717) is 25.6 Å². The summed E-state index contributed by atoms with van der Waals surface area (Å²) in [5.41, 5.74) is 0. The summed E-state index contributed by atoms with van der Waals surface area (Å²) >= 11 is 0. The molecule has 0 aromatic carbocycles. The van der Waals surface area contributed by atoms with Gasteiger partial charge in [0.25, 0.3) is 0 Å². The normalized spacial score (nSPS) is 25.1. The van der Waals surface area contributed by atoms with Gasteiger partial charge in [-0.05, 0) is 19.3 Å². The van der Waals surface area contributed by atoms with E-state index >= 15 is 0 Å². The van der Waals surface area contributed by atoms with E-state index in [-0.39, 0.29) is 17.9 Å². The molecule has 84 valence electrons. The lowest BCUT2D eigenvalue weighted by Crippen LogP contribution is -2.42. The molecule has 0 bridgehead atoms. The van der Waals surface area contributed by atoms with Crippen molar-refractivity contribution < 1.29 is 9.59 Å². The molecule has 1 aliphatic carbocycles. The first-order valence-corrected chi connectivity index (χ1v) is 5.53. The average Bonchev–Trinajstić information content (AvgIpc) is 2.95. The van der Waals surface area contributed by atoms with E-state index in [0.717, 1.165) is 6.42 Å². The van der Waals surface area contributed by atoms with E-state index in [1.54, 1.807) is 0 Å². The van der Waals surface area contributed by atoms with E-state index in [4.69, 9.17) is 0 Å². The van der Waals surface area contributed by atoms with Crippen LogP contribution in [0.15, 0.2) is 0 Å². The maximum atomic E-state index is 11.3. The lowest BCUT2D eigenvalue weighted by atomic mass is 10.2. The van der Waals surface area contributed by atoms with Crippen LogP contribution in [0.1, 0.15) is 25.7 Å². The van der Waals surface area contributed by atoms with Gasteiger partial charge in [-0.25, -0.2) is 0 Å². The van der Waals surface area contributed by atoms with Crippen LogP contribution in [0.2, 0.25) is 0 Å². The van der Waals surface area contributed by atoms with E-state index in [9.17, 15) is 9.59 Å². The van der Waals surface area contributed by atoms with Gasteiger partial charge < -0.3 is 16.0 Å². The molecule has 2 aliphatic rings. The topological polar surface area (TPSA) is 70.2 Å². The van der Waals surface area contributed by atoms with Crippen LogP contribution in [0, 0.1) is 0 Å². The zero-order valence-electron chi connectivity index (χ0n) is 8.71. The molecule has 3 N–H and O–H groups in total. The fourth-order valence-electron chi connectivity index (χ4n) is 1.65. The Kier molecular flexibility index (Phi) is 3.20. The molecule has 0 aromatic heterocycles. The molecule has 1 atom stereocenters. The first-order valence-electron chi connectivity index (χ1n) is 5.53. The summed E-state index contributed by atoms with van der Waals surface area (Å²) in [5.74, 6) is 0.105. The van der Waals surface area contributed by atoms with Gasteiger partial charge in [0.2, 0.25) is 11.8 Å². The Labute approximate surface area is 89.0 Å². The first-order chi connectivity index (χ1) is 7.24. The number of rotatable bonds is 5. The molecule has 15 heavy (non-hydrogen) atoms. The molecule has 5 nitrogen and oxygen atoms in total. The smallest absolute Gasteiger partial charge is 0.234 e. The summed E-state index contributed by atoms with van der Waals surface area (Å²) in [6, 6.07) is 0.685. The Balaban J connectivity index is 1.55. The number of hydrogen-bond donors (Lipinski definition) is 3. The van der Waals surface area contributed by atoms with E-state index in [1.165, 1.54) is 12.8 Å². The number of carbonyl (C=O) groups excluding carboxylic acids is 2. The summed E-state index contributed by atoms with van der Waals surface area (Å²) in [5, 5.41) is 8.77. The van der Waals surface area contributed by atoms with Crippen molar-refractivity contribution in [3.8, 4) is 0 Å². The van der Waals surface area contributed by atoms with Crippen molar-refractivity contribution in [2.75, 3.05) is 13.1 Å². The second kappa shape index (κ2) is 4.61. The van der Waals surface area contributed by atoms with Gasteiger partial charge >= 0.3 is 0 Å². The fraction of sp³-hybridized carbons (Fsp3) is 0.800. The Bertz CT molecular complexity index is 263. The Morgan fingerprint density at radius 1 is 1.40 bits per heavy atom. The van der Waals surface area contributed by atoms with Crippen LogP contribution in [0.5, 0.6) is 0 Å². The molecule has 1 saturated carbocycles. The SMILES string of the molecule is O=C(CNC1CC1)NCC1CCC(=O)N1. The third-order valence-corrected chi connectivity index (χ3v) is 2.76. The number of carbonyl (C=O) groups is 2. The lowest BCUT2D eigenvalue weighted by Gasteiger charge is -2.11. The molecular weight excluding hydrogens is 194 g/mol. The predicted molar refractivity (Wildman–Crippen MR) is 55.2 cm³/mol. The molecule has 1 aliphatic heterocycles.